The van der Waals surface area contributed by atoms with Gasteiger partial charge < -0.3 is 0 Å². The highest BCUT2D eigenvalue weighted by molar-refractivity contribution is 6.52. The van der Waals surface area contributed by atoms with Gasteiger partial charge in [-0.1, -0.05) is 72.9 Å². The summed E-state index contributed by atoms with van der Waals surface area (Å²) >= 11 is 0. The van der Waals surface area contributed by atoms with E-state index in [9.17, 15) is 0 Å². The van der Waals surface area contributed by atoms with Crippen molar-refractivity contribution in [3.05, 3.63) is 127 Å². The van der Waals surface area contributed by atoms with Gasteiger partial charge in [-0.25, -0.2) is 0 Å². The van der Waals surface area contributed by atoms with E-state index in [1.165, 1.54) is 0 Å². The molecule has 31 heavy (non-hydrogen) atoms. The SMILES string of the molecule is C1=CC(c2ccn(B(n3ccc(C4C=CC=C4)n3)n3ccc(C4C=CC=C4)n3)n2)C=C1. The van der Waals surface area contributed by atoms with E-state index in [0.29, 0.717) is 0 Å². The Hall–Kier alpha value is -3.87. The lowest BCUT2D eigenvalue weighted by atomic mass is 9.96. The van der Waals surface area contributed by atoms with Crippen LogP contribution in [0.2, 0.25) is 0 Å². The third kappa shape index (κ3) is 3.28. The average molecular weight is 404 g/mol. The minimum atomic E-state index is -0.325. The topological polar surface area (TPSA) is 53.5 Å². The molecule has 6 nitrogen and oxygen atoms in total. The second kappa shape index (κ2) is 7.43. The first kappa shape index (κ1) is 17.9. The molecule has 0 bridgehead atoms. The van der Waals surface area contributed by atoms with E-state index in [1.54, 1.807) is 0 Å². The van der Waals surface area contributed by atoms with Crippen molar-refractivity contribution in [2.45, 2.75) is 17.8 Å². The quantitative estimate of drug-likeness (QED) is 0.587. The summed E-state index contributed by atoms with van der Waals surface area (Å²) in [4.78, 5) is 0. The molecule has 0 aromatic carbocycles. The molecule has 7 heteroatoms. The highest BCUT2D eigenvalue weighted by Crippen LogP contribution is 2.24. The third-order valence-electron chi connectivity index (χ3n) is 5.87. The first-order valence-corrected chi connectivity index (χ1v) is 10.6. The largest absolute Gasteiger partial charge is 0.568 e. The van der Waals surface area contributed by atoms with Gasteiger partial charge in [0.1, 0.15) is 0 Å². The Morgan fingerprint density at radius 3 is 1.06 bits per heavy atom. The smallest absolute Gasteiger partial charge is 0.268 e. The Kier molecular flexibility index (Phi) is 4.30. The van der Waals surface area contributed by atoms with Crippen LogP contribution in [0.3, 0.4) is 0 Å². The van der Waals surface area contributed by atoms with E-state index in [1.807, 2.05) is 32.4 Å². The fourth-order valence-electron chi connectivity index (χ4n) is 4.23. The van der Waals surface area contributed by atoms with Gasteiger partial charge in [-0.15, -0.1) is 0 Å². The molecule has 3 heterocycles. The molecule has 150 valence electrons. The lowest BCUT2D eigenvalue weighted by molar-refractivity contribution is 0.742. The Morgan fingerprint density at radius 2 is 0.774 bits per heavy atom. The van der Waals surface area contributed by atoms with Crippen molar-refractivity contribution < 1.29 is 0 Å². The molecule has 0 saturated carbocycles. The summed E-state index contributed by atoms with van der Waals surface area (Å²) in [6.07, 6.45) is 31.3. The molecule has 0 radical (unpaired) electrons. The summed E-state index contributed by atoms with van der Waals surface area (Å²) in [5, 5.41) is 14.7. The Bertz CT molecular complexity index is 1090. The van der Waals surface area contributed by atoms with Crippen LogP contribution in [0.4, 0.5) is 0 Å². The molecular formula is C24H21BN6. The molecule has 0 N–H and O–H groups in total. The summed E-state index contributed by atoms with van der Waals surface area (Å²) in [5.41, 5.74) is 3.04. The minimum Gasteiger partial charge on any atom is -0.268 e. The third-order valence-corrected chi connectivity index (χ3v) is 5.87. The Labute approximate surface area is 181 Å². The van der Waals surface area contributed by atoms with Crippen LogP contribution in [-0.4, -0.2) is 36.2 Å². The van der Waals surface area contributed by atoms with Crippen molar-refractivity contribution in [2.24, 2.45) is 0 Å². The number of hydrogen-bond donors (Lipinski definition) is 0. The maximum atomic E-state index is 4.90. The predicted octanol–water partition coefficient (Wildman–Crippen LogP) is 3.83. The summed E-state index contributed by atoms with van der Waals surface area (Å²) in [6, 6.07) is 6.20. The van der Waals surface area contributed by atoms with Gasteiger partial charge in [0, 0.05) is 36.3 Å². The van der Waals surface area contributed by atoms with E-state index < -0.39 is 0 Å². The van der Waals surface area contributed by atoms with Crippen LogP contribution < -0.4 is 0 Å². The zero-order valence-corrected chi connectivity index (χ0v) is 16.9. The average Bonchev–Trinajstić information content (AvgIpc) is 3.61. The molecule has 3 aliphatic carbocycles. The fraction of sp³-hybridized carbons (Fsp3) is 0.125. The van der Waals surface area contributed by atoms with E-state index in [2.05, 4.69) is 91.1 Å². The molecule has 0 saturated heterocycles. The van der Waals surface area contributed by atoms with Crippen LogP contribution >= 0.6 is 0 Å². The van der Waals surface area contributed by atoms with Gasteiger partial charge in [0.15, 0.2) is 0 Å². The van der Waals surface area contributed by atoms with Crippen LogP contribution in [0.5, 0.6) is 0 Å². The summed E-state index contributed by atoms with van der Waals surface area (Å²) < 4.78 is 5.80. The van der Waals surface area contributed by atoms with Gasteiger partial charge in [-0.3, -0.25) is 13.8 Å². The van der Waals surface area contributed by atoms with Gasteiger partial charge in [-0.05, 0) is 18.2 Å². The fourth-order valence-corrected chi connectivity index (χ4v) is 4.23. The van der Waals surface area contributed by atoms with Crippen molar-refractivity contribution in [1.29, 1.82) is 0 Å². The van der Waals surface area contributed by atoms with Crippen molar-refractivity contribution >= 4 is 7.12 Å². The molecule has 0 atom stereocenters. The van der Waals surface area contributed by atoms with Gasteiger partial charge >= 0.3 is 7.12 Å². The molecule has 0 amide bonds. The second-order valence-corrected chi connectivity index (χ2v) is 7.90. The molecule has 3 aliphatic rings. The highest BCUT2D eigenvalue weighted by atomic mass is 15.4. The Balaban J connectivity index is 1.39. The molecule has 0 aliphatic heterocycles. The maximum absolute atomic E-state index is 4.90. The van der Waals surface area contributed by atoms with E-state index in [-0.39, 0.29) is 24.9 Å². The monoisotopic (exact) mass is 404 g/mol. The van der Waals surface area contributed by atoms with Crippen molar-refractivity contribution in [2.75, 3.05) is 0 Å². The molecule has 3 aromatic rings. The van der Waals surface area contributed by atoms with Crippen molar-refractivity contribution in [1.82, 2.24) is 29.1 Å². The molecule has 0 unspecified atom stereocenters. The summed E-state index contributed by atoms with van der Waals surface area (Å²) in [7, 11) is -0.325. The normalized spacial score (nSPS) is 17.8. The van der Waals surface area contributed by atoms with Crippen molar-refractivity contribution in [3.8, 4) is 0 Å². The molecule has 0 fully saturated rings. The minimum absolute atomic E-state index is 0.214. The number of rotatable bonds is 6. The molecule has 0 spiro atoms. The number of allylic oxidation sites excluding steroid dienone is 12. The van der Waals surface area contributed by atoms with Gasteiger partial charge in [0.2, 0.25) is 0 Å². The summed E-state index contributed by atoms with van der Waals surface area (Å²) in [5.74, 6) is 0.641. The maximum Gasteiger partial charge on any atom is 0.568 e. The summed E-state index contributed by atoms with van der Waals surface area (Å²) in [6.45, 7) is 0. The van der Waals surface area contributed by atoms with E-state index in [0.717, 1.165) is 17.1 Å². The number of nitrogens with zero attached hydrogens (tertiary/aromatic N) is 6. The number of hydrogen-bond acceptors (Lipinski definition) is 3. The van der Waals surface area contributed by atoms with Crippen molar-refractivity contribution in [3.63, 3.8) is 0 Å². The second-order valence-electron chi connectivity index (χ2n) is 7.90. The van der Waals surface area contributed by atoms with Crippen LogP contribution in [0.25, 0.3) is 0 Å². The van der Waals surface area contributed by atoms with E-state index >= 15 is 0 Å². The lowest BCUT2D eigenvalue weighted by Crippen LogP contribution is -2.43. The first-order valence-electron chi connectivity index (χ1n) is 10.6. The van der Waals surface area contributed by atoms with Crippen LogP contribution in [0.15, 0.2) is 110 Å². The van der Waals surface area contributed by atoms with Crippen LogP contribution in [0, 0.1) is 0 Å². The molecular weight excluding hydrogens is 383 g/mol. The molecule has 6 rings (SSSR count). The van der Waals surface area contributed by atoms with Gasteiger partial charge in [0.25, 0.3) is 0 Å². The van der Waals surface area contributed by atoms with Gasteiger partial charge in [0.05, 0.1) is 17.1 Å². The van der Waals surface area contributed by atoms with Crippen LogP contribution in [-0.2, 0) is 0 Å². The van der Waals surface area contributed by atoms with Gasteiger partial charge in [-0.2, -0.15) is 15.3 Å². The molecule has 3 aromatic heterocycles. The van der Waals surface area contributed by atoms with Crippen LogP contribution in [0.1, 0.15) is 34.8 Å². The predicted molar refractivity (Wildman–Crippen MR) is 122 cm³/mol. The zero-order valence-electron chi connectivity index (χ0n) is 16.9. The zero-order chi connectivity index (χ0) is 20.6. The van der Waals surface area contributed by atoms with E-state index in [4.69, 9.17) is 15.3 Å². The number of aromatic nitrogens is 6. The first-order chi connectivity index (χ1) is 15.3. The lowest BCUT2D eigenvalue weighted by Gasteiger charge is -2.14. The highest BCUT2D eigenvalue weighted by Gasteiger charge is 2.30. The standard InChI is InChI=1S/C24H21BN6/c1-2-8-19(7-1)22-13-16-29(26-22)25(30-17-14-23(27-30)20-9-3-4-10-20)31-18-15-24(28-31)21-11-5-6-12-21/h1-21H. The Morgan fingerprint density at radius 1 is 0.484 bits per heavy atom.